The number of aromatic hydroxyl groups is 1. The molecule has 1 aromatic rings. The minimum Gasteiger partial charge on any atom is -0.508 e. The average Bonchev–Trinajstić information content (AvgIpc) is 1.70. The van der Waals surface area contributed by atoms with E-state index in [0.717, 1.165) is 4.90 Å². The largest absolute Gasteiger partial charge is 0.508 e. The number of aliphatic carboxylic acids is 2. The van der Waals surface area contributed by atoms with E-state index < -0.39 is 199 Å². The van der Waals surface area contributed by atoms with E-state index in [2.05, 4.69) is 83.4 Å². The van der Waals surface area contributed by atoms with Gasteiger partial charge in [0, 0.05) is 52.1 Å². The third-order valence-corrected chi connectivity index (χ3v) is 19.1. The first-order chi connectivity index (χ1) is 57.2. The molecule has 2 rings (SSSR count). The van der Waals surface area contributed by atoms with Crippen LogP contribution in [-0.2, 0) is 73.5 Å². The number of hydrogen-bond acceptors (Lipinski definition) is 24. The van der Waals surface area contributed by atoms with Crippen LogP contribution in [0.3, 0.4) is 0 Å². The topological polar surface area (TPSA) is 850 Å². The molecule has 0 spiro atoms. The van der Waals surface area contributed by atoms with Gasteiger partial charge in [0.25, 0.3) is 0 Å². The Labute approximate surface area is 700 Å². The number of aliphatic hydroxyl groups excluding tert-OH is 2. The lowest BCUT2D eigenvalue weighted by atomic mass is 9.96. The van der Waals surface area contributed by atoms with Gasteiger partial charge in [0.15, 0.2) is 29.8 Å². The Morgan fingerprint density at radius 1 is 0.438 bits per heavy atom. The lowest BCUT2D eigenvalue weighted by molar-refractivity contribution is -0.143. The van der Waals surface area contributed by atoms with Gasteiger partial charge >= 0.3 is 11.9 Å². The Kier molecular flexibility index (Phi) is 48.8. The summed E-state index contributed by atoms with van der Waals surface area (Å²) in [4.78, 5) is 217. The molecule has 48 nitrogen and oxygen atoms in total. The van der Waals surface area contributed by atoms with Crippen molar-refractivity contribution in [3.05, 3.63) is 29.8 Å². The summed E-state index contributed by atoms with van der Waals surface area (Å²) >= 11 is 0. The number of benzene rings is 1. The molecule has 12 amide bonds. The number of carboxylic acids is 2. The van der Waals surface area contributed by atoms with Gasteiger partial charge in [0.1, 0.15) is 78.3 Å². The molecule has 40 N–H and O–H groups in total. The Morgan fingerprint density at radius 3 is 1.22 bits per heavy atom. The van der Waals surface area contributed by atoms with Crippen molar-refractivity contribution in [2.24, 2.45) is 106 Å². The van der Waals surface area contributed by atoms with Gasteiger partial charge in [-0.05, 0) is 139 Å². The molecule has 680 valence electrons. The number of nitrogens with zero attached hydrogens (tertiary/aromatic N) is 6. The fraction of sp³-hybridized carbons (Fsp3) is 0.658. The van der Waals surface area contributed by atoms with E-state index in [1.54, 1.807) is 27.7 Å². The monoisotopic (exact) mass is 1720 g/mol. The standard InChI is InChI=1S/C73H129N29O19/c1-5-39(4)55(101-60(112)46(25-26-54(106)107)94-58(110)44(16-9-29-87-70(78)79)92-57(109)43(15-8-28-86-69(76)77)91-56(108)42(75)14-6-7-27-74)66(118)98-49(34-38(2)3)61(113)99-51(36-103)63(115)93-45(17-10-30-88-71(80)81)59(111)95-47(18-11-31-89-72(82)83)67(119)102-33-13-20-53(102)65(117)100-52(37-104)64(116)97-50(35-40-21-23-41(105)24-22-40)62(114)96-48(68(120)121)19-12-32-90-73(84)85/h21-24,38-39,42-53,55,103-105H,5-20,25-37,74-75H2,1-4H3,(H,91,108)(H,92,109)(H,93,115)(H,94,110)(H,95,111)(H,96,114)(H,97,116)(H,98,118)(H,99,113)(H,100,117)(H,101,112)(H,106,107)(H,120,121)(H4,76,77,86)(H4,78,79,87)(H4,80,81,88)(H4,82,83,89)(H4,84,85,90). The van der Waals surface area contributed by atoms with E-state index in [9.17, 15) is 92.7 Å². The number of amides is 12. The van der Waals surface area contributed by atoms with Crippen LogP contribution < -0.4 is 127 Å². The second-order valence-corrected chi connectivity index (χ2v) is 29.4. The maximum atomic E-state index is 14.9. The van der Waals surface area contributed by atoms with Crippen LogP contribution in [-0.4, -0.2) is 281 Å². The highest BCUT2D eigenvalue weighted by molar-refractivity contribution is 6.00. The van der Waals surface area contributed by atoms with Crippen LogP contribution in [0.4, 0.5) is 0 Å². The molecule has 1 aromatic carbocycles. The highest BCUT2D eigenvalue weighted by Crippen LogP contribution is 2.22. The lowest BCUT2D eigenvalue weighted by Crippen LogP contribution is -2.62. The number of aliphatic hydroxyl groups is 2. The quantitative estimate of drug-likeness (QED) is 0.0164. The molecule has 1 fully saturated rings. The lowest BCUT2D eigenvalue weighted by Gasteiger charge is -2.31. The highest BCUT2D eigenvalue weighted by atomic mass is 16.4. The summed E-state index contributed by atoms with van der Waals surface area (Å²) in [6, 6.07) is -14.5. The first-order valence-electron chi connectivity index (χ1n) is 40.0. The molecular formula is C73H129N29O19. The van der Waals surface area contributed by atoms with Crippen molar-refractivity contribution >= 4 is 113 Å². The number of guanidine groups is 5. The average molecular weight is 1720 g/mol. The van der Waals surface area contributed by atoms with E-state index in [-0.39, 0.29) is 178 Å². The molecular weight excluding hydrogens is 1590 g/mol. The summed E-state index contributed by atoms with van der Waals surface area (Å²) in [6.45, 7) is 4.46. The van der Waals surface area contributed by atoms with Crippen molar-refractivity contribution < 1.29 is 92.7 Å². The van der Waals surface area contributed by atoms with Gasteiger partial charge in [0.05, 0.1) is 19.3 Å². The molecule has 0 saturated carbocycles. The first kappa shape index (κ1) is 105. The van der Waals surface area contributed by atoms with Gasteiger partial charge in [-0.3, -0.25) is 87.3 Å². The smallest absolute Gasteiger partial charge is 0.326 e. The number of phenolic OH excluding ortho intramolecular Hbond substituents is 1. The van der Waals surface area contributed by atoms with E-state index in [0.29, 0.717) is 24.9 Å². The number of unbranched alkanes of at least 4 members (excludes halogenated alkanes) is 1. The Hall–Kier alpha value is -12.2. The first-order valence-corrected chi connectivity index (χ1v) is 40.0. The van der Waals surface area contributed by atoms with Crippen molar-refractivity contribution in [3.63, 3.8) is 0 Å². The zero-order valence-corrected chi connectivity index (χ0v) is 69.0. The Morgan fingerprint density at radius 2 is 0.802 bits per heavy atom. The molecule has 14 unspecified atom stereocenters. The predicted octanol–water partition coefficient (Wildman–Crippen LogP) is -9.99. The molecule has 0 bridgehead atoms. The fourth-order valence-corrected chi connectivity index (χ4v) is 12.4. The summed E-state index contributed by atoms with van der Waals surface area (Å²) in [5.74, 6) is -17.4. The summed E-state index contributed by atoms with van der Waals surface area (Å²) in [7, 11) is 0. The van der Waals surface area contributed by atoms with Crippen LogP contribution in [0.15, 0.2) is 49.2 Å². The number of carboxylic acid groups (broad SMARTS) is 2. The van der Waals surface area contributed by atoms with Gasteiger partial charge in [-0.1, -0.05) is 52.7 Å². The number of nitrogens with two attached hydrogens (primary N) is 12. The number of hydrogen-bond donors (Lipinski definition) is 28. The molecule has 1 aliphatic rings. The number of aliphatic imine (C=N–C) groups is 5. The van der Waals surface area contributed by atoms with E-state index in [4.69, 9.17) is 68.8 Å². The second-order valence-electron chi connectivity index (χ2n) is 29.4. The third kappa shape index (κ3) is 41.4. The van der Waals surface area contributed by atoms with Crippen molar-refractivity contribution in [2.45, 2.75) is 235 Å². The maximum absolute atomic E-state index is 14.9. The number of phenols is 1. The number of likely N-dealkylation sites (tertiary alicyclic amines) is 1. The van der Waals surface area contributed by atoms with E-state index >= 15 is 0 Å². The fourth-order valence-electron chi connectivity index (χ4n) is 12.4. The minimum atomic E-state index is -1.89. The van der Waals surface area contributed by atoms with Gasteiger partial charge in [-0.15, -0.1) is 0 Å². The maximum Gasteiger partial charge on any atom is 0.326 e. The normalized spacial score (nSPS) is 15.5. The molecule has 1 heterocycles. The SMILES string of the molecule is CCC(C)C(NC(=O)C(CCC(=O)O)NC(=O)C(CCCN=C(N)N)NC(=O)C(CCCN=C(N)N)NC(=O)C(N)CCCCN)C(=O)NC(CC(C)C)C(=O)NC(CO)C(=O)NC(CCCN=C(N)N)C(=O)NC(CCCN=C(N)N)C(=O)N1CCCC1C(=O)NC(CO)C(=O)NC(Cc1ccc(O)cc1)C(=O)NC(CCCN=C(N)N)C(=O)O. The number of carbonyl (C=O) groups excluding carboxylic acids is 12. The van der Waals surface area contributed by atoms with Crippen LogP contribution in [0.1, 0.15) is 155 Å². The van der Waals surface area contributed by atoms with Crippen LogP contribution in [0.5, 0.6) is 5.75 Å². The zero-order chi connectivity index (χ0) is 91.0. The van der Waals surface area contributed by atoms with Crippen molar-refractivity contribution in [1.82, 2.24) is 63.4 Å². The highest BCUT2D eigenvalue weighted by Gasteiger charge is 2.42. The molecule has 1 saturated heterocycles. The van der Waals surface area contributed by atoms with Crippen LogP contribution in [0.2, 0.25) is 0 Å². The van der Waals surface area contributed by atoms with Gasteiger partial charge < -0.3 is 158 Å². The summed E-state index contributed by atoms with van der Waals surface area (Å²) in [5.41, 5.74) is 67.3. The zero-order valence-electron chi connectivity index (χ0n) is 69.0. The molecule has 14 atom stereocenters. The third-order valence-electron chi connectivity index (χ3n) is 19.1. The molecule has 48 heteroatoms. The van der Waals surface area contributed by atoms with E-state index in [1.165, 1.54) is 24.3 Å². The Balaban J connectivity index is 2.57. The van der Waals surface area contributed by atoms with Crippen LogP contribution in [0.25, 0.3) is 0 Å². The number of carbonyl (C=O) groups is 14. The molecule has 0 radical (unpaired) electrons. The van der Waals surface area contributed by atoms with Gasteiger partial charge in [0.2, 0.25) is 70.9 Å². The van der Waals surface area contributed by atoms with Crippen molar-refractivity contribution in [3.8, 4) is 5.75 Å². The Bertz CT molecular complexity index is 3700. The second kappa shape index (κ2) is 56.3. The predicted molar refractivity (Wildman–Crippen MR) is 446 cm³/mol. The van der Waals surface area contributed by atoms with E-state index in [1.807, 2.05) is 0 Å². The summed E-state index contributed by atoms with van der Waals surface area (Å²) in [5, 5.41) is 78.8. The van der Waals surface area contributed by atoms with Gasteiger partial charge in [-0.2, -0.15) is 0 Å². The molecule has 121 heavy (non-hydrogen) atoms. The number of rotatable bonds is 59. The molecule has 1 aliphatic heterocycles. The summed E-state index contributed by atoms with van der Waals surface area (Å²) < 4.78 is 0. The molecule has 0 aromatic heterocycles. The van der Waals surface area contributed by atoms with Crippen LogP contribution >= 0.6 is 0 Å². The number of nitrogens with one attached hydrogen (secondary N) is 11. The minimum absolute atomic E-state index is 0.0127. The molecule has 0 aliphatic carbocycles. The van der Waals surface area contributed by atoms with Crippen molar-refractivity contribution in [1.29, 1.82) is 0 Å². The van der Waals surface area contributed by atoms with Gasteiger partial charge in [-0.25, -0.2) is 4.79 Å². The summed E-state index contributed by atoms with van der Waals surface area (Å²) in [6.07, 6.45) is -0.686. The van der Waals surface area contributed by atoms with Crippen molar-refractivity contribution in [2.75, 3.05) is 59.0 Å². The van der Waals surface area contributed by atoms with Crippen LogP contribution in [0, 0.1) is 11.8 Å².